The van der Waals surface area contributed by atoms with E-state index < -0.39 is 17.8 Å². The molecule has 3 aromatic rings. The molecule has 1 aromatic carbocycles. The minimum Gasteiger partial charge on any atom is -0.379 e. The number of carbonyl (C=O) groups is 1. The SMILES string of the molecule is CC(C)c1ccc(-c2cc(C(F)(F)F)n3ncc(C(=O)NCCCN4CCOCC4)c3n2)cc1. The van der Waals surface area contributed by atoms with Gasteiger partial charge in [0, 0.05) is 25.2 Å². The van der Waals surface area contributed by atoms with E-state index in [0.717, 1.165) is 43.9 Å². The van der Waals surface area contributed by atoms with Crippen molar-refractivity contribution < 1.29 is 22.7 Å². The monoisotopic (exact) mass is 475 g/mol. The van der Waals surface area contributed by atoms with Crippen LogP contribution in [-0.4, -0.2) is 64.8 Å². The molecule has 0 atom stereocenters. The summed E-state index contributed by atoms with van der Waals surface area (Å²) in [5, 5.41) is 6.61. The van der Waals surface area contributed by atoms with E-state index in [0.29, 0.717) is 35.8 Å². The van der Waals surface area contributed by atoms with Crippen molar-refractivity contribution >= 4 is 11.6 Å². The molecule has 3 heterocycles. The quantitative estimate of drug-likeness (QED) is 0.524. The second-order valence-electron chi connectivity index (χ2n) is 8.66. The fourth-order valence-corrected chi connectivity index (χ4v) is 3.94. The summed E-state index contributed by atoms with van der Waals surface area (Å²) in [6.45, 7) is 8.40. The molecule has 1 saturated heterocycles. The van der Waals surface area contributed by atoms with Crippen molar-refractivity contribution in [2.24, 2.45) is 0 Å². The van der Waals surface area contributed by atoms with Gasteiger partial charge in [-0.2, -0.15) is 18.3 Å². The topological polar surface area (TPSA) is 71.8 Å². The fourth-order valence-electron chi connectivity index (χ4n) is 3.94. The standard InChI is InChI=1S/C24H28F3N5O2/c1-16(2)17-4-6-18(7-5-17)20-14-21(24(25,26)27)32-22(30-20)19(15-29-32)23(33)28-8-3-9-31-10-12-34-13-11-31/h4-7,14-16H,3,8-13H2,1-2H3,(H,28,33). The maximum Gasteiger partial charge on any atom is 0.433 e. The van der Waals surface area contributed by atoms with Crippen LogP contribution in [0, 0.1) is 0 Å². The minimum atomic E-state index is -4.66. The number of hydrogen-bond acceptors (Lipinski definition) is 5. The molecule has 4 rings (SSSR count). The van der Waals surface area contributed by atoms with Crippen molar-refractivity contribution in [3.8, 4) is 11.3 Å². The Bertz CT molecular complexity index is 1140. The van der Waals surface area contributed by atoms with Gasteiger partial charge in [0.2, 0.25) is 0 Å². The Morgan fingerprint density at radius 2 is 1.88 bits per heavy atom. The molecule has 0 bridgehead atoms. The molecule has 182 valence electrons. The third-order valence-corrected chi connectivity index (χ3v) is 5.92. The van der Waals surface area contributed by atoms with Crippen LogP contribution in [0.3, 0.4) is 0 Å². The third-order valence-electron chi connectivity index (χ3n) is 5.92. The van der Waals surface area contributed by atoms with Crippen LogP contribution >= 0.6 is 0 Å². The van der Waals surface area contributed by atoms with Crippen molar-refractivity contribution in [3.05, 3.63) is 53.3 Å². The molecular weight excluding hydrogens is 447 g/mol. The lowest BCUT2D eigenvalue weighted by atomic mass is 10.0. The maximum atomic E-state index is 13.8. The highest BCUT2D eigenvalue weighted by molar-refractivity contribution is 5.99. The molecule has 1 fully saturated rings. The van der Waals surface area contributed by atoms with Gasteiger partial charge in [0.05, 0.1) is 25.1 Å². The highest BCUT2D eigenvalue weighted by Crippen LogP contribution is 2.33. The highest BCUT2D eigenvalue weighted by Gasteiger charge is 2.36. The second-order valence-corrected chi connectivity index (χ2v) is 8.66. The van der Waals surface area contributed by atoms with E-state index in [9.17, 15) is 18.0 Å². The summed E-state index contributed by atoms with van der Waals surface area (Å²) < 4.78 is 47.5. The van der Waals surface area contributed by atoms with Gasteiger partial charge >= 0.3 is 6.18 Å². The number of morpholine rings is 1. The third kappa shape index (κ3) is 5.39. The zero-order valence-electron chi connectivity index (χ0n) is 19.2. The molecular formula is C24H28F3N5O2. The summed E-state index contributed by atoms with van der Waals surface area (Å²) in [4.78, 5) is 19.4. The highest BCUT2D eigenvalue weighted by atomic mass is 19.4. The molecule has 10 heteroatoms. The Balaban J connectivity index is 1.57. The lowest BCUT2D eigenvalue weighted by molar-refractivity contribution is -0.142. The number of nitrogens with one attached hydrogen (secondary N) is 1. The predicted octanol–water partition coefficient (Wildman–Crippen LogP) is 3.99. The van der Waals surface area contributed by atoms with Crippen LogP contribution in [0.2, 0.25) is 0 Å². The summed E-state index contributed by atoms with van der Waals surface area (Å²) in [6, 6.07) is 8.20. The van der Waals surface area contributed by atoms with Gasteiger partial charge in [-0.15, -0.1) is 0 Å². The molecule has 1 N–H and O–H groups in total. The Morgan fingerprint density at radius 3 is 2.53 bits per heavy atom. The number of nitrogens with zero attached hydrogens (tertiary/aromatic N) is 4. The molecule has 34 heavy (non-hydrogen) atoms. The van der Waals surface area contributed by atoms with E-state index in [1.807, 2.05) is 26.0 Å². The van der Waals surface area contributed by atoms with E-state index >= 15 is 0 Å². The van der Waals surface area contributed by atoms with Crippen molar-refractivity contribution in [1.29, 1.82) is 0 Å². The molecule has 7 nitrogen and oxygen atoms in total. The molecule has 0 saturated carbocycles. The van der Waals surface area contributed by atoms with Gasteiger partial charge in [0.15, 0.2) is 11.3 Å². The van der Waals surface area contributed by atoms with E-state index in [2.05, 4.69) is 20.3 Å². The van der Waals surface area contributed by atoms with E-state index in [4.69, 9.17) is 4.74 Å². The van der Waals surface area contributed by atoms with Gasteiger partial charge in [-0.05, 0) is 30.5 Å². The van der Waals surface area contributed by atoms with Crippen LogP contribution in [0.25, 0.3) is 16.9 Å². The molecule has 1 aliphatic rings. The molecule has 2 aromatic heterocycles. The number of benzene rings is 1. The van der Waals surface area contributed by atoms with Crippen molar-refractivity contribution in [1.82, 2.24) is 24.8 Å². The van der Waals surface area contributed by atoms with Crippen molar-refractivity contribution in [2.45, 2.75) is 32.4 Å². The number of hydrogen-bond donors (Lipinski definition) is 1. The van der Waals surface area contributed by atoms with Gasteiger partial charge in [-0.1, -0.05) is 38.1 Å². The number of ether oxygens (including phenoxy) is 1. The zero-order chi connectivity index (χ0) is 24.3. The Labute approximate surface area is 195 Å². The van der Waals surface area contributed by atoms with Gasteiger partial charge in [-0.25, -0.2) is 9.50 Å². The number of alkyl halides is 3. The first-order chi connectivity index (χ1) is 16.2. The molecule has 0 radical (unpaired) electrons. The summed E-state index contributed by atoms with van der Waals surface area (Å²) in [5.41, 5.74) is 0.655. The zero-order valence-corrected chi connectivity index (χ0v) is 19.2. The lowest BCUT2D eigenvalue weighted by Crippen LogP contribution is -2.38. The Morgan fingerprint density at radius 1 is 1.18 bits per heavy atom. The number of amides is 1. The first-order valence-corrected chi connectivity index (χ1v) is 11.4. The van der Waals surface area contributed by atoms with Gasteiger partial charge in [0.25, 0.3) is 5.91 Å². The van der Waals surface area contributed by atoms with Crippen LogP contribution in [-0.2, 0) is 10.9 Å². The maximum absolute atomic E-state index is 13.8. The predicted molar refractivity (Wildman–Crippen MR) is 122 cm³/mol. The molecule has 1 amide bonds. The van der Waals surface area contributed by atoms with Gasteiger partial charge in [-0.3, -0.25) is 9.69 Å². The molecule has 0 aliphatic carbocycles. The largest absolute Gasteiger partial charge is 0.433 e. The van der Waals surface area contributed by atoms with Crippen LogP contribution in [0.5, 0.6) is 0 Å². The number of rotatable bonds is 7. The summed E-state index contributed by atoms with van der Waals surface area (Å²) in [6.07, 6.45) is -2.80. The Hall–Kier alpha value is -2.98. The molecule has 0 spiro atoms. The average molecular weight is 476 g/mol. The minimum absolute atomic E-state index is 0.0116. The molecule has 1 aliphatic heterocycles. The number of fused-ring (bicyclic) bond motifs is 1. The fraction of sp³-hybridized carbons (Fsp3) is 0.458. The summed E-state index contributed by atoms with van der Waals surface area (Å²) in [5.74, 6) is -0.200. The smallest absolute Gasteiger partial charge is 0.379 e. The van der Waals surface area contributed by atoms with Crippen LogP contribution < -0.4 is 5.32 Å². The second kappa shape index (κ2) is 10.1. The first-order valence-electron chi connectivity index (χ1n) is 11.4. The van der Waals surface area contributed by atoms with Gasteiger partial charge < -0.3 is 10.1 Å². The van der Waals surface area contributed by atoms with E-state index in [1.165, 1.54) is 0 Å². The summed E-state index contributed by atoms with van der Waals surface area (Å²) in [7, 11) is 0. The molecule has 0 unspecified atom stereocenters. The number of aromatic nitrogens is 3. The normalized spacial score (nSPS) is 15.2. The van der Waals surface area contributed by atoms with Crippen molar-refractivity contribution in [3.63, 3.8) is 0 Å². The van der Waals surface area contributed by atoms with Crippen LogP contribution in [0.15, 0.2) is 36.5 Å². The van der Waals surface area contributed by atoms with Gasteiger partial charge in [0.1, 0.15) is 5.56 Å². The van der Waals surface area contributed by atoms with Crippen molar-refractivity contribution in [2.75, 3.05) is 39.4 Å². The van der Waals surface area contributed by atoms with E-state index in [-0.39, 0.29) is 16.9 Å². The summed E-state index contributed by atoms with van der Waals surface area (Å²) >= 11 is 0. The first kappa shape index (κ1) is 24.2. The number of carbonyl (C=O) groups excluding carboxylic acids is 1. The van der Waals surface area contributed by atoms with Crippen LogP contribution in [0.4, 0.5) is 13.2 Å². The number of halogens is 3. The van der Waals surface area contributed by atoms with E-state index in [1.54, 1.807) is 12.1 Å². The van der Waals surface area contributed by atoms with Crippen LogP contribution in [0.1, 0.15) is 47.8 Å². The Kier molecular flexibility index (Phi) is 7.18. The average Bonchev–Trinajstić information content (AvgIpc) is 3.25. The lowest BCUT2D eigenvalue weighted by Gasteiger charge is -2.26.